The third-order valence-electron chi connectivity index (χ3n) is 4.51. The zero-order valence-corrected chi connectivity index (χ0v) is 13.7. The Hall–Kier alpha value is -2.34. The second-order valence-corrected chi connectivity index (χ2v) is 6.21. The van der Waals surface area contributed by atoms with E-state index in [0.717, 1.165) is 24.9 Å². The van der Waals surface area contributed by atoms with E-state index >= 15 is 0 Å². The van der Waals surface area contributed by atoms with E-state index in [0.29, 0.717) is 12.1 Å². The molecule has 0 aliphatic carbocycles. The number of halogens is 1. The quantitative estimate of drug-likeness (QED) is 0.933. The van der Waals surface area contributed by atoms with Crippen LogP contribution in [0.15, 0.2) is 42.6 Å². The molecule has 5 nitrogen and oxygen atoms in total. The molecule has 1 fully saturated rings. The number of benzene rings is 1. The molecule has 24 heavy (non-hydrogen) atoms. The van der Waals surface area contributed by atoms with Gasteiger partial charge in [-0.25, -0.2) is 4.39 Å². The lowest BCUT2D eigenvalue weighted by atomic mass is 9.91. The Balaban J connectivity index is 1.73. The molecule has 0 bridgehead atoms. The lowest BCUT2D eigenvalue weighted by molar-refractivity contribution is 0.0846. The van der Waals surface area contributed by atoms with Crippen molar-refractivity contribution in [1.29, 1.82) is 0 Å². The minimum Gasteiger partial charge on any atom is -0.346 e. The molecule has 2 aromatic rings. The maximum Gasteiger partial charge on any atom is 0.272 e. The fraction of sp³-hybridized carbons (Fsp3) is 0.389. The summed E-state index contributed by atoms with van der Waals surface area (Å²) in [7, 11) is 2.05. The standard InChI is InChI=1S/C18H21FN4O/c1-23-10-4-8-15(21-18(24)16-7-3-9-20-22-16)17(23)12-13-5-2-6-14(19)11-13/h2-3,5-7,9,11,15,17H,4,8,10,12H2,1H3,(H,21,24)/t15-,17-/m0/s1. The van der Waals surface area contributed by atoms with Crippen LogP contribution in [0, 0.1) is 5.82 Å². The lowest BCUT2D eigenvalue weighted by Gasteiger charge is -2.39. The van der Waals surface area contributed by atoms with Crippen LogP contribution in [0.4, 0.5) is 4.39 Å². The molecule has 0 unspecified atom stereocenters. The van der Waals surface area contributed by atoms with Gasteiger partial charge in [-0.15, -0.1) is 5.10 Å². The molecule has 0 radical (unpaired) electrons. The number of aromatic nitrogens is 2. The van der Waals surface area contributed by atoms with Crippen LogP contribution in [-0.2, 0) is 6.42 Å². The van der Waals surface area contributed by atoms with Crippen LogP contribution >= 0.6 is 0 Å². The highest BCUT2D eigenvalue weighted by Crippen LogP contribution is 2.21. The first-order valence-electron chi connectivity index (χ1n) is 8.17. The molecular weight excluding hydrogens is 307 g/mol. The third-order valence-corrected chi connectivity index (χ3v) is 4.51. The van der Waals surface area contributed by atoms with Gasteiger partial charge in [0.25, 0.3) is 5.91 Å². The topological polar surface area (TPSA) is 58.1 Å². The van der Waals surface area contributed by atoms with Crippen molar-refractivity contribution in [2.75, 3.05) is 13.6 Å². The van der Waals surface area contributed by atoms with Gasteiger partial charge < -0.3 is 10.2 Å². The second-order valence-electron chi connectivity index (χ2n) is 6.21. The van der Waals surface area contributed by atoms with Gasteiger partial charge in [-0.2, -0.15) is 5.10 Å². The molecule has 1 aromatic heterocycles. The molecule has 2 atom stereocenters. The van der Waals surface area contributed by atoms with Crippen molar-refractivity contribution >= 4 is 5.91 Å². The van der Waals surface area contributed by atoms with Gasteiger partial charge in [-0.1, -0.05) is 12.1 Å². The fourth-order valence-electron chi connectivity index (χ4n) is 3.26. The maximum absolute atomic E-state index is 13.4. The van der Waals surface area contributed by atoms with Crippen molar-refractivity contribution in [1.82, 2.24) is 20.4 Å². The first-order valence-corrected chi connectivity index (χ1v) is 8.17. The number of carbonyl (C=O) groups is 1. The van der Waals surface area contributed by atoms with Crippen LogP contribution in [0.1, 0.15) is 28.9 Å². The van der Waals surface area contributed by atoms with E-state index in [2.05, 4.69) is 20.4 Å². The molecular formula is C18H21FN4O. The van der Waals surface area contributed by atoms with Crippen molar-refractivity contribution in [3.05, 3.63) is 59.7 Å². The van der Waals surface area contributed by atoms with E-state index < -0.39 is 0 Å². The summed E-state index contributed by atoms with van der Waals surface area (Å²) in [6.07, 6.45) is 4.15. The number of likely N-dealkylation sites (N-methyl/N-ethyl adjacent to an activating group) is 1. The Morgan fingerprint density at radius 1 is 1.38 bits per heavy atom. The van der Waals surface area contributed by atoms with Gasteiger partial charge in [0.1, 0.15) is 5.82 Å². The number of hydrogen-bond donors (Lipinski definition) is 1. The highest BCUT2D eigenvalue weighted by atomic mass is 19.1. The number of nitrogens with one attached hydrogen (secondary N) is 1. The number of hydrogen-bond acceptors (Lipinski definition) is 4. The first kappa shape index (κ1) is 16.5. The predicted octanol–water partition coefficient (Wildman–Crippen LogP) is 2.05. The van der Waals surface area contributed by atoms with Crippen molar-refractivity contribution < 1.29 is 9.18 Å². The Bertz CT molecular complexity index is 694. The van der Waals surface area contributed by atoms with Crippen molar-refractivity contribution in [2.45, 2.75) is 31.3 Å². The average Bonchev–Trinajstić information content (AvgIpc) is 2.59. The van der Waals surface area contributed by atoms with Gasteiger partial charge in [0.2, 0.25) is 0 Å². The summed E-state index contributed by atoms with van der Waals surface area (Å²) in [5, 5.41) is 10.7. The van der Waals surface area contributed by atoms with Crippen molar-refractivity contribution in [2.24, 2.45) is 0 Å². The van der Waals surface area contributed by atoms with E-state index in [9.17, 15) is 9.18 Å². The normalized spacial score (nSPS) is 21.4. The zero-order valence-electron chi connectivity index (χ0n) is 13.7. The summed E-state index contributed by atoms with van der Waals surface area (Å²) in [6, 6.07) is 10.1. The third kappa shape index (κ3) is 3.94. The lowest BCUT2D eigenvalue weighted by Crippen LogP contribution is -2.55. The summed E-state index contributed by atoms with van der Waals surface area (Å²) in [5.41, 5.74) is 1.25. The summed E-state index contributed by atoms with van der Waals surface area (Å²) >= 11 is 0. The van der Waals surface area contributed by atoms with Gasteiger partial charge in [-0.3, -0.25) is 4.79 Å². The average molecular weight is 328 g/mol. The molecule has 6 heteroatoms. The smallest absolute Gasteiger partial charge is 0.272 e. The Kier molecular flexibility index (Phi) is 5.15. The monoisotopic (exact) mass is 328 g/mol. The number of piperidine rings is 1. The molecule has 3 rings (SSSR count). The number of nitrogens with zero attached hydrogens (tertiary/aromatic N) is 3. The van der Waals surface area contributed by atoms with Crippen molar-refractivity contribution in [3.8, 4) is 0 Å². The molecule has 1 aromatic carbocycles. The molecule has 1 aliphatic heterocycles. The summed E-state index contributed by atoms with van der Waals surface area (Å²) in [6.45, 7) is 0.970. The van der Waals surface area contributed by atoms with Gasteiger partial charge in [0.15, 0.2) is 5.69 Å². The van der Waals surface area contributed by atoms with Crippen molar-refractivity contribution in [3.63, 3.8) is 0 Å². The van der Waals surface area contributed by atoms with Crippen LogP contribution in [0.5, 0.6) is 0 Å². The Morgan fingerprint density at radius 2 is 2.25 bits per heavy atom. The molecule has 1 saturated heterocycles. The molecule has 1 N–H and O–H groups in total. The van der Waals surface area contributed by atoms with Crippen LogP contribution < -0.4 is 5.32 Å². The van der Waals surface area contributed by atoms with E-state index in [1.165, 1.54) is 12.3 Å². The minimum atomic E-state index is -0.230. The fourth-order valence-corrected chi connectivity index (χ4v) is 3.26. The zero-order chi connectivity index (χ0) is 16.9. The van der Waals surface area contributed by atoms with E-state index in [1.54, 1.807) is 24.3 Å². The molecule has 2 heterocycles. The molecule has 1 amide bonds. The van der Waals surface area contributed by atoms with Crippen LogP contribution in [0.3, 0.4) is 0 Å². The van der Waals surface area contributed by atoms with E-state index in [4.69, 9.17) is 0 Å². The van der Waals surface area contributed by atoms with E-state index in [-0.39, 0.29) is 23.8 Å². The van der Waals surface area contributed by atoms with Gasteiger partial charge in [-0.05, 0) is 62.7 Å². The minimum absolute atomic E-state index is 0.00141. The van der Waals surface area contributed by atoms with E-state index in [1.807, 2.05) is 13.1 Å². The SMILES string of the molecule is CN1CCC[C@H](NC(=O)c2cccnn2)[C@@H]1Cc1cccc(F)c1. The van der Waals surface area contributed by atoms with Crippen LogP contribution in [0.2, 0.25) is 0 Å². The Labute approximate surface area is 140 Å². The summed E-state index contributed by atoms with van der Waals surface area (Å²) in [5.74, 6) is -0.446. The predicted molar refractivity (Wildman–Crippen MR) is 89.0 cm³/mol. The number of amides is 1. The highest BCUT2D eigenvalue weighted by molar-refractivity contribution is 5.92. The number of carbonyl (C=O) groups excluding carboxylic acids is 1. The molecule has 0 spiro atoms. The Morgan fingerprint density at radius 3 is 3.00 bits per heavy atom. The number of likely N-dealkylation sites (tertiary alicyclic amines) is 1. The van der Waals surface area contributed by atoms with Crippen LogP contribution in [-0.4, -0.2) is 46.7 Å². The molecule has 0 saturated carbocycles. The maximum atomic E-state index is 13.4. The number of rotatable bonds is 4. The largest absolute Gasteiger partial charge is 0.346 e. The first-order chi connectivity index (χ1) is 11.6. The second kappa shape index (κ2) is 7.49. The molecule has 1 aliphatic rings. The highest BCUT2D eigenvalue weighted by Gasteiger charge is 2.31. The molecule has 126 valence electrons. The van der Waals surface area contributed by atoms with Gasteiger partial charge >= 0.3 is 0 Å². The van der Waals surface area contributed by atoms with Gasteiger partial charge in [0.05, 0.1) is 0 Å². The van der Waals surface area contributed by atoms with Crippen LogP contribution in [0.25, 0.3) is 0 Å². The summed E-state index contributed by atoms with van der Waals surface area (Å²) in [4.78, 5) is 14.6. The van der Waals surface area contributed by atoms with Gasteiger partial charge in [0, 0.05) is 18.3 Å². The summed E-state index contributed by atoms with van der Waals surface area (Å²) < 4.78 is 13.4.